The Morgan fingerprint density at radius 3 is 1.26 bits per heavy atom. The number of ether oxygens (including phenoxy) is 4. The number of aldehydes is 1. The van der Waals surface area contributed by atoms with E-state index in [1.165, 1.54) is 48.5 Å². The zero-order valence-corrected chi connectivity index (χ0v) is 22.2. The highest BCUT2D eigenvalue weighted by Gasteiger charge is 2.40. The molecule has 0 bridgehead atoms. The normalized spacial score (nSPS) is 12.6. The van der Waals surface area contributed by atoms with Gasteiger partial charge < -0.3 is 18.9 Å². The molecule has 0 aliphatic heterocycles. The van der Waals surface area contributed by atoms with Crippen LogP contribution in [0.25, 0.3) is 0 Å². The van der Waals surface area contributed by atoms with E-state index in [1.807, 2.05) is 0 Å². The Hall–Kier alpha value is -5.57. The summed E-state index contributed by atoms with van der Waals surface area (Å²) in [6, 6.07) is 31.7. The fourth-order valence-corrected chi connectivity index (χ4v) is 3.85. The third-order valence-electron chi connectivity index (χ3n) is 5.99. The summed E-state index contributed by atoms with van der Waals surface area (Å²) in [6.07, 6.45) is -4.74. The molecule has 0 spiro atoms. The van der Waals surface area contributed by atoms with Crippen LogP contribution < -0.4 is 0 Å². The van der Waals surface area contributed by atoms with Gasteiger partial charge in [0, 0.05) is 0 Å². The minimum Gasteiger partial charge on any atom is -0.458 e. The Kier molecular flexibility index (Phi) is 10.3. The molecule has 4 aromatic carbocycles. The molecule has 0 amide bonds. The van der Waals surface area contributed by atoms with Crippen LogP contribution in [0.3, 0.4) is 0 Å². The third-order valence-corrected chi connectivity index (χ3v) is 5.99. The lowest BCUT2D eigenvalue weighted by atomic mass is 10.1. The van der Waals surface area contributed by atoms with E-state index in [0.29, 0.717) is 0 Å². The summed E-state index contributed by atoms with van der Waals surface area (Å²) in [4.78, 5) is 64.2. The Morgan fingerprint density at radius 2 is 0.857 bits per heavy atom. The first-order chi connectivity index (χ1) is 20.5. The van der Waals surface area contributed by atoms with Crippen molar-refractivity contribution in [3.63, 3.8) is 0 Å². The lowest BCUT2D eigenvalue weighted by Crippen LogP contribution is -2.48. The predicted octanol–water partition coefficient (Wildman–Crippen LogP) is 4.72. The van der Waals surface area contributed by atoms with Crippen molar-refractivity contribution in [3.05, 3.63) is 144 Å². The van der Waals surface area contributed by atoms with Gasteiger partial charge in [-0.25, -0.2) is 19.2 Å². The van der Waals surface area contributed by atoms with E-state index >= 15 is 0 Å². The van der Waals surface area contributed by atoms with Gasteiger partial charge in [-0.2, -0.15) is 0 Å². The average molecular weight is 567 g/mol. The first-order valence-electron chi connectivity index (χ1n) is 12.9. The molecule has 0 aromatic heterocycles. The Balaban J connectivity index is 1.67. The van der Waals surface area contributed by atoms with Gasteiger partial charge in [-0.1, -0.05) is 72.8 Å². The van der Waals surface area contributed by atoms with Crippen molar-refractivity contribution < 1.29 is 42.9 Å². The maximum absolute atomic E-state index is 13.1. The smallest absolute Gasteiger partial charge is 0.338 e. The van der Waals surface area contributed by atoms with Gasteiger partial charge in [0.2, 0.25) is 0 Å². The van der Waals surface area contributed by atoms with Crippen LogP contribution in [0.15, 0.2) is 121 Å². The fraction of sp³-hybridized carbons (Fsp3) is 0.121. The van der Waals surface area contributed by atoms with Crippen molar-refractivity contribution in [2.24, 2.45) is 0 Å². The van der Waals surface area contributed by atoms with E-state index in [0.717, 1.165) is 0 Å². The van der Waals surface area contributed by atoms with E-state index in [2.05, 4.69) is 0 Å². The fourth-order valence-electron chi connectivity index (χ4n) is 3.85. The molecule has 0 aliphatic rings. The van der Waals surface area contributed by atoms with Gasteiger partial charge in [-0.3, -0.25) is 4.79 Å². The number of rotatable bonds is 12. The van der Waals surface area contributed by atoms with Gasteiger partial charge in [-0.15, -0.1) is 0 Å². The third kappa shape index (κ3) is 7.98. The van der Waals surface area contributed by atoms with E-state index in [9.17, 15) is 24.0 Å². The lowest BCUT2D eigenvalue weighted by Gasteiger charge is -2.30. The molecule has 0 heterocycles. The van der Waals surface area contributed by atoms with Crippen LogP contribution in [0.4, 0.5) is 0 Å². The van der Waals surface area contributed by atoms with Gasteiger partial charge in [0.15, 0.2) is 24.6 Å². The van der Waals surface area contributed by atoms with Crippen LogP contribution in [-0.2, 0) is 23.7 Å². The summed E-state index contributed by atoms with van der Waals surface area (Å²) in [5.74, 6) is -3.38. The van der Waals surface area contributed by atoms with Gasteiger partial charge in [0.25, 0.3) is 0 Å². The summed E-state index contributed by atoms with van der Waals surface area (Å²) >= 11 is 0. The largest absolute Gasteiger partial charge is 0.458 e. The zero-order valence-electron chi connectivity index (χ0n) is 22.2. The standard InChI is InChI=1S/C33H26O9/c34-21-27(40-31(36)24-15-7-2-8-16-24)29(42-33(38)26-19-11-4-12-20-26)28(41-32(37)25-17-9-3-10-18-25)22-39-30(35)23-13-5-1-6-14-23/h1-21,27-29H,22H2/t27-,28+,29-/m1/s1. The van der Waals surface area contributed by atoms with Gasteiger partial charge >= 0.3 is 23.9 Å². The lowest BCUT2D eigenvalue weighted by molar-refractivity contribution is -0.132. The van der Waals surface area contributed by atoms with Crippen molar-refractivity contribution in [1.82, 2.24) is 0 Å². The number of benzene rings is 4. The average Bonchev–Trinajstić information content (AvgIpc) is 3.05. The molecule has 4 rings (SSSR count). The highest BCUT2D eigenvalue weighted by Crippen LogP contribution is 2.19. The van der Waals surface area contributed by atoms with Crippen LogP contribution >= 0.6 is 0 Å². The molecular weight excluding hydrogens is 540 g/mol. The second kappa shape index (κ2) is 14.7. The van der Waals surface area contributed by atoms with Gasteiger partial charge in [0.1, 0.15) is 6.61 Å². The van der Waals surface area contributed by atoms with Crippen LogP contribution in [0.5, 0.6) is 0 Å². The van der Waals surface area contributed by atoms with Crippen molar-refractivity contribution >= 4 is 30.2 Å². The van der Waals surface area contributed by atoms with E-state index in [1.54, 1.807) is 72.8 Å². The van der Waals surface area contributed by atoms with Crippen molar-refractivity contribution in [2.75, 3.05) is 6.61 Å². The molecule has 3 atom stereocenters. The molecule has 9 heteroatoms. The molecule has 0 saturated heterocycles. The summed E-state index contributed by atoms with van der Waals surface area (Å²) < 4.78 is 22.1. The topological polar surface area (TPSA) is 122 Å². The SMILES string of the molecule is O=C[C@@H](OC(=O)c1ccccc1)[C@@H](OC(=O)c1ccccc1)[C@H](COC(=O)c1ccccc1)OC(=O)c1ccccc1. The van der Waals surface area contributed by atoms with Crippen LogP contribution in [0, 0.1) is 0 Å². The molecule has 0 fully saturated rings. The monoisotopic (exact) mass is 566 g/mol. The molecular formula is C33H26O9. The molecule has 9 nitrogen and oxygen atoms in total. The minimum absolute atomic E-state index is 0.121. The van der Waals surface area contributed by atoms with Crippen LogP contribution in [-0.4, -0.2) is 55.1 Å². The van der Waals surface area contributed by atoms with E-state index in [-0.39, 0.29) is 28.5 Å². The number of carbonyl (C=O) groups excluding carboxylic acids is 5. The van der Waals surface area contributed by atoms with Crippen molar-refractivity contribution in [3.8, 4) is 0 Å². The molecule has 42 heavy (non-hydrogen) atoms. The van der Waals surface area contributed by atoms with Gasteiger partial charge in [-0.05, 0) is 48.5 Å². The number of hydrogen-bond donors (Lipinski definition) is 0. The summed E-state index contributed by atoms with van der Waals surface area (Å²) in [5, 5.41) is 0. The highest BCUT2D eigenvalue weighted by molar-refractivity contribution is 5.92. The summed E-state index contributed by atoms with van der Waals surface area (Å²) in [7, 11) is 0. The Morgan fingerprint density at radius 1 is 0.500 bits per heavy atom. The predicted molar refractivity (Wildman–Crippen MR) is 150 cm³/mol. The van der Waals surface area contributed by atoms with Crippen LogP contribution in [0.1, 0.15) is 41.4 Å². The first-order valence-corrected chi connectivity index (χ1v) is 12.9. The second-order valence-electron chi connectivity index (χ2n) is 8.88. The molecule has 212 valence electrons. The zero-order chi connectivity index (χ0) is 29.7. The van der Waals surface area contributed by atoms with E-state index < -0.39 is 48.8 Å². The maximum atomic E-state index is 13.1. The number of esters is 4. The minimum atomic E-state index is -1.74. The van der Waals surface area contributed by atoms with Crippen LogP contribution in [0.2, 0.25) is 0 Å². The van der Waals surface area contributed by atoms with Crippen molar-refractivity contribution in [2.45, 2.75) is 18.3 Å². The maximum Gasteiger partial charge on any atom is 0.338 e. The number of carbonyl (C=O) groups is 5. The molecule has 0 unspecified atom stereocenters. The van der Waals surface area contributed by atoms with Gasteiger partial charge in [0.05, 0.1) is 22.3 Å². The van der Waals surface area contributed by atoms with E-state index in [4.69, 9.17) is 18.9 Å². The molecule has 0 aliphatic carbocycles. The quantitative estimate of drug-likeness (QED) is 0.136. The highest BCUT2D eigenvalue weighted by atomic mass is 16.6. The summed E-state index contributed by atoms with van der Waals surface area (Å²) in [6.45, 7) is -0.633. The number of hydrogen-bond acceptors (Lipinski definition) is 9. The summed E-state index contributed by atoms with van der Waals surface area (Å²) in [5.41, 5.74) is 0.613. The Labute approximate surface area is 241 Å². The molecule has 0 radical (unpaired) electrons. The molecule has 0 N–H and O–H groups in total. The Bertz CT molecular complexity index is 1490. The molecule has 0 saturated carbocycles. The first kappa shape index (κ1) is 29.4. The second-order valence-corrected chi connectivity index (χ2v) is 8.88. The van der Waals surface area contributed by atoms with Crippen molar-refractivity contribution in [1.29, 1.82) is 0 Å². The molecule has 4 aromatic rings.